The molecule has 0 heterocycles. The van der Waals surface area contributed by atoms with Crippen LogP contribution in [0.1, 0.15) is 22.3 Å². The van der Waals surface area contributed by atoms with Gasteiger partial charge in [-0.1, -0.05) is 53.1 Å². The second-order valence-electron chi connectivity index (χ2n) is 4.78. The Morgan fingerprint density at radius 3 is 2.28 bits per heavy atom. The molecule has 0 amide bonds. The fraction of sp³-hybridized carbons (Fsp3) is 0.250. The van der Waals surface area contributed by atoms with Crippen LogP contribution in [0.15, 0.2) is 36.4 Å². The van der Waals surface area contributed by atoms with Gasteiger partial charge in [0.1, 0.15) is 0 Å². The maximum Gasteiger partial charge on any atom is 0.0640 e. The summed E-state index contributed by atoms with van der Waals surface area (Å²) in [6, 6.07) is 12.5. The highest BCUT2D eigenvalue weighted by Crippen LogP contribution is 2.25. The molecule has 0 bridgehead atoms. The van der Waals surface area contributed by atoms with E-state index in [-0.39, 0.29) is 0 Å². The van der Waals surface area contributed by atoms with Gasteiger partial charge in [-0.3, -0.25) is 0 Å². The van der Waals surface area contributed by atoms with E-state index in [1.165, 1.54) is 22.3 Å². The SMILES string of the molecule is Cc1cc(C)cc(CNc2c(C)cccc2Cl)c1. The predicted molar refractivity (Wildman–Crippen MR) is 79.4 cm³/mol. The van der Waals surface area contributed by atoms with Gasteiger partial charge in [-0.25, -0.2) is 0 Å². The molecule has 0 fully saturated rings. The Morgan fingerprint density at radius 1 is 1.00 bits per heavy atom. The van der Waals surface area contributed by atoms with Crippen molar-refractivity contribution in [2.45, 2.75) is 27.3 Å². The number of benzene rings is 2. The summed E-state index contributed by atoms with van der Waals surface area (Å²) < 4.78 is 0. The molecule has 2 aromatic carbocycles. The van der Waals surface area contributed by atoms with Crippen molar-refractivity contribution in [2.75, 3.05) is 5.32 Å². The number of aryl methyl sites for hydroxylation is 3. The lowest BCUT2D eigenvalue weighted by molar-refractivity contribution is 1.12. The standard InChI is InChI=1S/C16H18ClN/c1-11-7-12(2)9-14(8-11)10-18-16-13(3)5-4-6-15(16)17/h4-9,18H,10H2,1-3H3. The highest BCUT2D eigenvalue weighted by atomic mass is 35.5. The summed E-state index contributed by atoms with van der Waals surface area (Å²) in [5, 5.41) is 4.20. The van der Waals surface area contributed by atoms with Gasteiger partial charge >= 0.3 is 0 Å². The van der Waals surface area contributed by atoms with Crippen LogP contribution >= 0.6 is 11.6 Å². The van der Waals surface area contributed by atoms with E-state index in [1.54, 1.807) is 0 Å². The molecule has 1 nitrogen and oxygen atoms in total. The van der Waals surface area contributed by atoms with Crippen LogP contribution in [0.2, 0.25) is 5.02 Å². The normalized spacial score (nSPS) is 10.4. The summed E-state index contributed by atoms with van der Waals surface area (Å²) in [5.74, 6) is 0. The minimum absolute atomic E-state index is 0.777. The van der Waals surface area contributed by atoms with Gasteiger partial charge in [-0.05, 0) is 38.0 Å². The van der Waals surface area contributed by atoms with Crippen LogP contribution in [0.4, 0.5) is 5.69 Å². The summed E-state index contributed by atoms with van der Waals surface area (Å²) in [7, 11) is 0. The highest BCUT2D eigenvalue weighted by Gasteiger charge is 2.03. The lowest BCUT2D eigenvalue weighted by Gasteiger charge is -2.12. The molecular weight excluding hydrogens is 242 g/mol. The molecule has 2 aromatic rings. The van der Waals surface area contributed by atoms with Crippen LogP contribution in [-0.2, 0) is 6.54 Å². The monoisotopic (exact) mass is 259 g/mol. The smallest absolute Gasteiger partial charge is 0.0640 e. The molecule has 94 valence electrons. The number of rotatable bonds is 3. The van der Waals surface area contributed by atoms with Gasteiger partial charge in [-0.15, -0.1) is 0 Å². The van der Waals surface area contributed by atoms with Gasteiger partial charge in [0.2, 0.25) is 0 Å². The van der Waals surface area contributed by atoms with Crippen molar-refractivity contribution in [3.05, 3.63) is 63.7 Å². The highest BCUT2D eigenvalue weighted by molar-refractivity contribution is 6.33. The van der Waals surface area contributed by atoms with Crippen LogP contribution in [0.3, 0.4) is 0 Å². The fourth-order valence-electron chi connectivity index (χ4n) is 2.22. The van der Waals surface area contributed by atoms with Crippen LogP contribution in [0, 0.1) is 20.8 Å². The van der Waals surface area contributed by atoms with E-state index < -0.39 is 0 Å². The summed E-state index contributed by atoms with van der Waals surface area (Å²) in [6.45, 7) is 7.11. The Balaban J connectivity index is 2.16. The molecule has 0 saturated heterocycles. The molecule has 0 aliphatic rings. The third kappa shape index (κ3) is 3.05. The van der Waals surface area contributed by atoms with Gasteiger partial charge in [-0.2, -0.15) is 0 Å². The molecule has 0 aromatic heterocycles. The molecule has 0 atom stereocenters. The van der Waals surface area contributed by atoms with E-state index in [2.05, 4.69) is 50.4 Å². The Hall–Kier alpha value is -1.47. The average Bonchev–Trinajstić information content (AvgIpc) is 2.27. The molecule has 0 spiro atoms. The topological polar surface area (TPSA) is 12.0 Å². The Bertz CT molecular complexity index is 521. The number of hydrogen-bond acceptors (Lipinski definition) is 1. The van der Waals surface area contributed by atoms with Crippen molar-refractivity contribution >= 4 is 17.3 Å². The zero-order chi connectivity index (χ0) is 13.1. The van der Waals surface area contributed by atoms with Gasteiger partial charge < -0.3 is 5.32 Å². The van der Waals surface area contributed by atoms with Crippen molar-refractivity contribution in [1.82, 2.24) is 0 Å². The number of hydrogen-bond donors (Lipinski definition) is 1. The lowest BCUT2D eigenvalue weighted by atomic mass is 10.1. The van der Waals surface area contributed by atoms with Crippen LogP contribution < -0.4 is 5.32 Å². The van der Waals surface area contributed by atoms with Crippen molar-refractivity contribution in [1.29, 1.82) is 0 Å². The van der Waals surface area contributed by atoms with E-state index in [9.17, 15) is 0 Å². The first kappa shape index (κ1) is 13.0. The van der Waals surface area contributed by atoms with Crippen molar-refractivity contribution in [3.63, 3.8) is 0 Å². The summed E-state index contributed by atoms with van der Waals surface area (Å²) in [5.41, 5.74) is 6.07. The fourth-order valence-corrected chi connectivity index (χ4v) is 2.51. The summed E-state index contributed by atoms with van der Waals surface area (Å²) >= 11 is 6.20. The van der Waals surface area contributed by atoms with Gasteiger partial charge in [0.25, 0.3) is 0 Å². The van der Waals surface area contributed by atoms with Gasteiger partial charge in [0.15, 0.2) is 0 Å². The van der Waals surface area contributed by atoms with Gasteiger partial charge in [0.05, 0.1) is 10.7 Å². The molecule has 2 heteroatoms. The third-order valence-corrected chi connectivity index (χ3v) is 3.29. The first-order valence-corrected chi connectivity index (χ1v) is 6.50. The van der Waals surface area contributed by atoms with E-state index in [0.29, 0.717) is 0 Å². The van der Waals surface area contributed by atoms with E-state index in [0.717, 1.165) is 17.3 Å². The molecule has 18 heavy (non-hydrogen) atoms. The molecule has 2 rings (SSSR count). The summed E-state index contributed by atoms with van der Waals surface area (Å²) in [4.78, 5) is 0. The Kier molecular flexibility index (Phi) is 3.93. The number of halogens is 1. The summed E-state index contributed by atoms with van der Waals surface area (Å²) in [6.07, 6.45) is 0. The minimum Gasteiger partial charge on any atom is -0.380 e. The maximum atomic E-state index is 6.20. The zero-order valence-electron chi connectivity index (χ0n) is 11.0. The largest absolute Gasteiger partial charge is 0.380 e. The van der Waals surface area contributed by atoms with Crippen molar-refractivity contribution in [3.8, 4) is 0 Å². The first-order chi connectivity index (χ1) is 8.56. The molecule has 1 N–H and O–H groups in total. The van der Waals surface area contributed by atoms with Crippen LogP contribution in [0.5, 0.6) is 0 Å². The number of anilines is 1. The number of nitrogens with one attached hydrogen (secondary N) is 1. The second kappa shape index (κ2) is 5.45. The minimum atomic E-state index is 0.777. The molecule has 0 radical (unpaired) electrons. The van der Waals surface area contributed by atoms with E-state index in [4.69, 9.17) is 11.6 Å². The predicted octanol–water partition coefficient (Wildman–Crippen LogP) is 4.88. The Morgan fingerprint density at radius 2 is 1.67 bits per heavy atom. The van der Waals surface area contributed by atoms with Crippen molar-refractivity contribution < 1.29 is 0 Å². The molecule has 0 unspecified atom stereocenters. The van der Waals surface area contributed by atoms with E-state index >= 15 is 0 Å². The Labute approximate surface area is 114 Å². The van der Waals surface area contributed by atoms with Crippen molar-refractivity contribution in [2.24, 2.45) is 0 Å². The first-order valence-electron chi connectivity index (χ1n) is 6.12. The molecule has 0 saturated carbocycles. The quantitative estimate of drug-likeness (QED) is 0.829. The van der Waals surface area contributed by atoms with E-state index in [1.807, 2.05) is 12.1 Å². The lowest BCUT2D eigenvalue weighted by Crippen LogP contribution is -2.02. The number of para-hydroxylation sites is 1. The van der Waals surface area contributed by atoms with Crippen LogP contribution in [0.25, 0.3) is 0 Å². The maximum absolute atomic E-state index is 6.20. The van der Waals surface area contributed by atoms with Crippen LogP contribution in [-0.4, -0.2) is 0 Å². The second-order valence-corrected chi connectivity index (χ2v) is 5.19. The molecular formula is C16H18ClN. The zero-order valence-corrected chi connectivity index (χ0v) is 11.8. The van der Waals surface area contributed by atoms with Gasteiger partial charge in [0, 0.05) is 6.54 Å². The average molecular weight is 260 g/mol. The third-order valence-electron chi connectivity index (χ3n) is 2.97. The molecule has 0 aliphatic heterocycles. The molecule has 0 aliphatic carbocycles.